The third-order valence-electron chi connectivity index (χ3n) is 1.52. The second kappa shape index (κ2) is 4.68. The van der Waals surface area contributed by atoms with Crippen LogP contribution in [-0.4, -0.2) is 6.26 Å². The van der Waals surface area contributed by atoms with Crippen LogP contribution >= 0.6 is 11.8 Å². The van der Waals surface area contributed by atoms with Crippen LogP contribution in [0, 0.1) is 11.3 Å². The van der Waals surface area contributed by atoms with E-state index in [0.717, 1.165) is 4.90 Å². The maximum absolute atomic E-state index is 12.5. The number of hydrogen-bond acceptors (Lipinski definition) is 2. The van der Waals surface area contributed by atoms with E-state index >= 15 is 0 Å². The van der Waals surface area contributed by atoms with E-state index in [-0.39, 0.29) is 0 Å². The molecule has 3 heteroatoms. The molecule has 1 aromatic rings. The first kappa shape index (κ1) is 9.82. The average Bonchev–Trinajstić information content (AvgIpc) is 2.19. The fourth-order valence-electron chi connectivity index (χ4n) is 0.879. The highest BCUT2D eigenvalue weighted by molar-refractivity contribution is 7.98. The summed E-state index contributed by atoms with van der Waals surface area (Å²) in [6.45, 7) is 0. The normalized spacial score (nSPS) is 11.0. The molecule has 0 N–H and O–H groups in total. The first-order chi connectivity index (χ1) is 6.26. The van der Waals surface area contributed by atoms with Crippen molar-refractivity contribution >= 4 is 17.8 Å². The van der Waals surface area contributed by atoms with Crippen molar-refractivity contribution < 1.29 is 4.39 Å². The first-order valence-corrected chi connectivity index (χ1v) is 4.90. The largest absolute Gasteiger partial charge is 0.200 e. The lowest BCUT2D eigenvalue weighted by Crippen LogP contribution is -1.74. The van der Waals surface area contributed by atoms with Gasteiger partial charge in [-0.3, -0.25) is 0 Å². The number of hydrogen-bond donors (Lipinski definition) is 0. The van der Waals surface area contributed by atoms with E-state index in [0.29, 0.717) is 5.56 Å². The number of allylic oxidation sites excluding steroid dienone is 1. The third kappa shape index (κ3) is 2.92. The van der Waals surface area contributed by atoms with Crippen LogP contribution in [0.3, 0.4) is 0 Å². The van der Waals surface area contributed by atoms with E-state index in [4.69, 9.17) is 5.26 Å². The standard InChI is InChI=1S/C10H8FNS/c1-13-10-4-2-8(3-5-10)6-9(11)7-12/h2-6H,1H3/b9-6+. The second-order valence-corrected chi connectivity index (χ2v) is 3.26. The highest BCUT2D eigenvalue weighted by Crippen LogP contribution is 2.16. The Morgan fingerprint density at radius 3 is 2.54 bits per heavy atom. The van der Waals surface area contributed by atoms with Gasteiger partial charge in [-0.25, -0.2) is 0 Å². The van der Waals surface area contributed by atoms with Crippen molar-refractivity contribution in [1.82, 2.24) is 0 Å². The van der Waals surface area contributed by atoms with E-state index in [1.165, 1.54) is 12.1 Å². The van der Waals surface area contributed by atoms with Crippen molar-refractivity contribution in [2.45, 2.75) is 4.90 Å². The Morgan fingerprint density at radius 2 is 2.08 bits per heavy atom. The van der Waals surface area contributed by atoms with Crippen LogP contribution in [0.1, 0.15) is 5.56 Å². The highest BCUT2D eigenvalue weighted by atomic mass is 32.2. The third-order valence-corrected chi connectivity index (χ3v) is 2.26. The predicted molar refractivity (Wildman–Crippen MR) is 52.9 cm³/mol. The van der Waals surface area contributed by atoms with Crippen molar-refractivity contribution in [3.63, 3.8) is 0 Å². The number of rotatable bonds is 2. The molecule has 0 heterocycles. The smallest absolute Gasteiger partial charge is 0.195 e. The molecule has 0 saturated carbocycles. The molecule has 0 aliphatic rings. The number of nitrogens with zero attached hydrogens (tertiary/aromatic N) is 1. The monoisotopic (exact) mass is 193 g/mol. The van der Waals surface area contributed by atoms with Gasteiger partial charge in [0.15, 0.2) is 0 Å². The topological polar surface area (TPSA) is 23.8 Å². The van der Waals surface area contributed by atoms with Gasteiger partial charge in [-0.2, -0.15) is 9.65 Å². The van der Waals surface area contributed by atoms with E-state index in [9.17, 15) is 4.39 Å². The van der Waals surface area contributed by atoms with Gasteiger partial charge >= 0.3 is 0 Å². The van der Waals surface area contributed by atoms with Gasteiger partial charge in [-0.1, -0.05) is 12.1 Å². The summed E-state index contributed by atoms with van der Waals surface area (Å²) in [5, 5.41) is 8.20. The summed E-state index contributed by atoms with van der Waals surface area (Å²) in [7, 11) is 0. The molecule has 1 rings (SSSR count). The number of thioether (sulfide) groups is 1. The highest BCUT2D eigenvalue weighted by Gasteiger charge is 1.93. The Bertz CT molecular complexity index is 348. The van der Waals surface area contributed by atoms with Crippen LogP contribution in [0.25, 0.3) is 6.08 Å². The summed E-state index contributed by atoms with van der Waals surface area (Å²) in [5.74, 6) is -0.767. The molecule has 0 aliphatic heterocycles. The molecule has 0 aromatic heterocycles. The van der Waals surface area contributed by atoms with Gasteiger partial charge in [-0.15, -0.1) is 11.8 Å². The fourth-order valence-corrected chi connectivity index (χ4v) is 1.29. The molecule has 0 saturated heterocycles. The molecule has 0 atom stereocenters. The fraction of sp³-hybridized carbons (Fsp3) is 0.100. The summed E-state index contributed by atoms with van der Waals surface area (Å²) in [6.07, 6.45) is 3.19. The SMILES string of the molecule is CSc1ccc(/C=C(/F)C#N)cc1. The molecule has 66 valence electrons. The molecule has 13 heavy (non-hydrogen) atoms. The summed E-state index contributed by atoms with van der Waals surface area (Å²) in [5.41, 5.74) is 0.705. The predicted octanol–water partition coefficient (Wildman–Crippen LogP) is 3.24. The Kier molecular flexibility index (Phi) is 3.53. The molecule has 0 radical (unpaired) electrons. The van der Waals surface area contributed by atoms with Gasteiger partial charge in [-0.05, 0) is 30.0 Å². The average molecular weight is 193 g/mol. The Balaban J connectivity index is 2.88. The summed E-state index contributed by atoms with van der Waals surface area (Å²) in [4.78, 5) is 1.12. The second-order valence-electron chi connectivity index (χ2n) is 2.38. The Labute approximate surface area is 80.9 Å². The summed E-state index contributed by atoms with van der Waals surface area (Å²) < 4.78 is 12.5. The van der Waals surface area contributed by atoms with Gasteiger partial charge in [0, 0.05) is 4.90 Å². The number of halogens is 1. The minimum atomic E-state index is -0.767. The van der Waals surface area contributed by atoms with Crippen molar-refractivity contribution in [1.29, 1.82) is 5.26 Å². The lowest BCUT2D eigenvalue weighted by molar-refractivity contribution is 0.679. The van der Waals surface area contributed by atoms with Crippen LogP contribution in [0.15, 0.2) is 35.0 Å². The van der Waals surface area contributed by atoms with Gasteiger partial charge in [0.1, 0.15) is 6.07 Å². The van der Waals surface area contributed by atoms with E-state index in [1.54, 1.807) is 23.9 Å². The molecule has 0 fully saturated rings. The van der Waals surface area contributed by atoms with Gasteiger partial charge in [0.05, 0.1) is 0 Å². The van der Waals surface area contributed by atoms with Crippen molar-refractivity contribution in [3.8, 4) is 6.07 Å². The molecule has 0 spiro atoms. The first-order valence-electron chi connectivity index (χ1n) is 3.67. The molecular formula is C10H8FNS. The van der Waals surface area contributed by atoms with E-state index < -0.39 is 5.83 Å². The summed E-state index contributed by atoms with van der Waals surface area (Å²) >= 11 is 1.62. The maximum Gasteiger partial charge on any atom is 0.200 e. The lowest BCUT2D eigenvalue weighted by Gasteiger charge is -1.95. The molecule has 0 amide bonds. The van der Waals surface area contributed by atoms with E-state index in [1.807, 2.05) is 18.4 Å². The summed E-state index contributed by atoms with van der Waals surface area (Å²) in [6, 6.07) is 8.77. The van der Waals surface area contributed by atoms with E-state index in [2.05, 4.69) is 0 Å². The van der Waals surface area contributed by atoms with Crippen LogP contribution in [0.2, 0.25) is 0 Å². The molecule has 0 aliphatic carbocycles. The minimum absolute atomic E-state index is 0.705. The Morgan fingerprint density at radius 1 is 1.46 bits per heavy atom. The number of benzene rings is 1. The van der Waals surface area contributed by atoms with Crippen LogP contribution in [0.4, 0.5) is 4.39 Å². The zero-order chi connectivity index (χ0) is 9.68. The molecule has 0 bridgehead atoms. The quantitative estimate of drug-likeness (QED) is 0.531. The minimum Gasteiger partial charge on any atom is -0.195 e. The van der Waals surface area contributed by atoms with Crippen molar-refractivity contribution in [3.05, 3.63) is 35.7 Å². The lowest BCUT2D eigenvalue weighted by atomic mass is 10.2. The van der Waals surface area contributed by atoms with Gasteiger partial charge in [0.2, 0.25) is 5.83 Å². The van der Waals surface area contributed by atoms with Gasteiger partial charge < -0.3 is 0 Å². The molecule has 0 unspecified atom stereocenters. The van der Waals surface area contributed by atoms with Crippen molar-refractivity contribution in [2.75, 3.05) is 6.26 Å². The Hall–Kier alpha value is -1.27. The zero-order valence-electron chi connectivity index (χ0n) is 7.12. The maximum atomic E-state index is 12.5. The van der Waals surface area contributed by atoms with Crippen LogP contribution in [0.5, 0.6) is 0 Å². The van der Waals surface area contributed by atoms with Crippen LogP contribution in [-0.2, 0) is 0 Å². The number of nitriles is 1. The molecule has 1 aromatic carbocycles. The van der Waals surface area contributed by atoms with Crippen molar-refractivity contribution in [2.24, 2.45) is 0 Å². The van der Waals surface area contributed by atoms with Gasteiger partial charge in [0.25, 0.3) is 0 Å². The molecule has 1 nitrogen and oxygen atoms in total. The zero-order valence-corrected chi connectivity index (χ0v) is 7.94. The molecular weight excluding hydrogens is 185 g/mol. The van der Waals surface area contributed by atoms with Crippen LogP contribution < -0.4 is 0 Å².